The molecule has 0 saturated heterocycles. The molecule has 26 heavy (non-hydrogen) atoms. The highest BCUT2D eigenvalue weighted by molar-refractivity contribution is 6.33. The van der Waals surface area contributed by atoms with Crippen LogP contribution in [0.4, 0.5) is 0 Å². The Hall–Kier alpha value is -2.85. The molecule has 3 aromatic rings. The molecular formula is C21H18ClNO3. The number of carbonyl (C=O) groups is 2. The van der Waals surface area contributed by atoms with Crippen molar-refractivity contribution in [3.63, 3.8) is 0 Å². The minimum atomic E-state index is -0.526. The predicted octanol–water partition coefficient (Wildman–Crippen LogP) is 5.07. The predicted molar refractivity (Wildman–Crippen MR) is 102 cm³/mol. The third kappa shape index (κ3) is 3.55. The van der Waals surface area contributed by atoms with Gasteiger partial charge in [0.1, 0.15) is 6.61 Å². The SMILES string of the molecule is CCc1c(-c2ccccc2Cl)[nH]c(C=O)c1C(=O)OCc1ccccc1. The lowest BCUT2D eigenvalue weighted by Gasteiger charge is -2.08. The number of aromatic amines is 1. The smallest absolute Gasteiger partial charge is 0.341 e. The number of carbonyl (C=O) groups excluding carboxylic acids is 2. The monoisotopic (exact) mass is 367 g/mol. The van der Waals surface area contributed by atoms with Crippen molar-refractivity contribution < 1.29 is 14.3 Å². The van der Waals surface area contributed by atoms with Gasteiger partial charge in [-0.1, -0.05) is 67.1 Å². The standard InChI is InChI=1S/C21H18ClNO3/c1-2-15-19(21(25)26-13-14-8-4-3-5-9-14)18(12-24)23-20(15)16-10-6-7-11-17(16)22/h3-12,23H,2,13H2,1H3. The molecule has 1 heterocycles. The second-order valence-electron chi connectivity index (χ2n) is 5.78. The second kappa shape index (κ2) is 8.02. The summed E-state index contributed by atoms with van der Waals surface area (Å²) in [6.45, 7) is 2.07. The maximum absolute atomic E-state index is 12.7. The van der Waals surface area contributed by atoms with Gasteiger partial charge >= 0.3 is 5.97 Å². The molecule has 2 aromatic carbocycles. The Labute approximate surface area is 156 Å². The zero-order chi connectivity index (χ0) is 18.5. The molecule has 132 valence electrons. The number of nitrogens with one attached hydrogen (secondary N) is 1. The number of benzene rings is 2. The zero-order valence-corrected chi connectivity index (χ0v) is 15.0. The van der Waals surface area contributed by atoms with E-state index in [-0.39, 0.29) is 17.9 Å². The summed E-state index contributed by atoms with van der Waals surface area (Å²) in [6.07, 6.45) is 1.19. The van der Waals surface area contributed by atoms with E-state index in [9.17, 15) is 9.59 Å². The summed E-state index contributed by atoms with van der Waals surface area (Å²) in [6, 6.07) is 16.7. The number of aldehydes is 1. The largest absolute Gasteiger partial charge is 0.457 e. The fourth-order valence-corrected chi connectivity index (χ4v) is 3.15. The molecule has 0 bridgehead atoms. The van der Waals surface area contributed by atoms with Crippen LogP contribution in [0.2, 0.25) is 5.02 Å². The molecule has 0 aliphatic rings. The second-order valence-corrected chi connectivity index (χ2v) is 6.19. The summed E-state index contributed by atoms with van der Waals surface area (Å²) in [5.74, 6) is -0.526. The molecule has 0 aliphatic carbocycles. The van der Waals surface area contributed by atoms with Gasteiger partial charge in [-0.2, -0.15) is 0 Å². The molecule has 0 amide bonds. The van der Waals surface area contributed by atoms with Crippen LogP contribution in [0.5, 0.6) is 0 Å². The van der Waals surface area contributed by atoms with Gasteiger partial charge in [0.15, 0.2) is 6.29 Å². The summed E-state index contributed by atoms with van der Waals surface area (Å²) in [4.78, 5) is 27.2. The minimum Gasteiger partial charge on any atom is -0.457 e. The first kappa shape index (κ1) is 18.0. The number of esters is 1. The van der Waals surface area contributed by atoms with E-state index in [2.05, 4.69) is 4.98 Å². The van der Waals surface area contributed by atoms with E-state index in [1.54, 1.807) is 6.07 Å². The normalized spacial score (nSPS) is 10.5. The van der Waals surface area contributed by atoms with Gasteiger partial charge < -0.3 is 9.72 Å². The molecule has 0 atom stereocenters. The average Bonchev–Trinajstić information content (AvgIpc) is 3.06. The van der Waals surface area contributed by atoms with Gasteiger partial charge in [-0.05, 0) is 23.6 Å². The Balaban J connectivity index is 1.97. The van der Waals surface area contributed by atoms with Gasteiger partial charge in [-0.25, -0.2) is 4.79 Å². The van der Waals surface area contributed by atoms with Gasteiger partial charge in [0.25, 0.3) is 0 Å². The van der Waals surface area contributed by atoms with E-state index in [0.717, 1.165) is 16.7 Å². The number of hydrogen-bond acceptors (Lipinski definition) is 3. The quantitative estimate of drug-likeness (QED) is 0.489. The molecule has 0 radical (unpaired) electrons. The highest BCUT2D eigenvalue weighted by Crippen LogP contribution is 2.33. The molecule has 5 heteroatoms. The fourth-order valence-electron chi connectivity index (χ4n) is 2.92. The van der Waals surface area contributed by atoms with Crippen molar-refractivity contribution in [2.24, 2.45) is 0 Å². The Morgan fingerprint density at radius 3 is 2.46 bits per heavy atom. The Morgan fingerprint density at radius 1 is 1.12 bits per heavy atom. The third-order valence-corrected chi connectivity index (χ3v) is 4.49. The van der Waals surface area contributed by atoms with Gasteiger partial charge in [-0.15, -0.1) is 0 Å². The first-order valence-corrected chi connectivity index (χ1v) is 8.69. The third-order valence-electron chi connectivity index (χ3n) is 4.16. The topological polar surface area (TPSA) is 59.2 Å². The van der Waals surface area contributed by atoms with Crippen LogP contribution >= 0.6 is 11.6 Å². The van der Waals surface area contributed by atoms with Crippen LogP contribution in [0.3, 0.4) is 0 Å². The first-order chi connectivity index (χ1) is 12.7. The highest BCUT2D eigenvalue weighted by atomic mass is 35.5. The Morgan fingerprint density at radius 2 is 1.81 bits per heavy atom. The summed E-state index contributed by atoms with van der Waals surface area (Å²) in [5, 5.41) is 0.546. The van der Waals surface area contributed by atoms with E-state index in [0.29, 0.717) is 23.4 Å². The highest BCUT2D eigenvalue weighted by Gasteiger charge is 2.24. The van der Waals surface area contributed by atoms with E-state index in [1.807, 2.05) is 55.5 Å². The van der Waals surface area contributed by atoms with Crippen molar-refractivity contribution >= 4 is 23.9 Å². The zero-order valence-electron chi connectivity index (χ0n) is 14.3. The number of hydrogen-bond donors (Lipinski definition) is 1. The lowest BCUT2D eigenvalue weighted by molar-refractivity contribution is 0.0470. The van der Waals surface area contributed by atoms with Crippen LogP contribution in [-0.2, 0) is 17.8 Å². The van der Waals surface area contributed by atoms with Crippen molar-refractivity contribution in [2.45, 2.75) is 20.0 Å². The number of H-pyrrole nitrogens is 1. The first-order valence-electron chi connectivity index (χ1n) is 8.31. The van der Waals surface area contributed by atoms with E-state index < -0.39 is 5.97 Å². The van der Waals surface area contributed by atoms with Gasteiger partial charge in [0.2, 0.25) is 0 Å². The minimum absolute atomic E-state index is 0.147. The van der Waals surface area contributed by atoms with E-state index in [4.69, 9.17) is 16.3 Å². The van der Waals surface area contributed by atoms with Crippen molar-refractivity contribution in [3.05, 3.63) is 82.0 Å². The summed E-state index contributed by atoms with van der Waals surface area (Å²) >= 11 is 6.29. The van der Waals surface area contributed by atoms with Crippen LogP contribution in [0.15, 0.2) is 54.6 Å². The molecule has 0 fully saturated rings. The van der Waals surface area contributed by atoms with Crippen molar-refractivity contribution in [1.29, 1.82) is 0 Å². The Kier molecular flexibility index (Phi) is 5.54. The molecular weight excluding hydrogens is 350 g/mol. The molecule has 0 spiro atoms. The van der Waals surface area contributed by atoms with Crippen LogP contribution in [-0.4, -0.2) is 17.2 Å². The lowest BCUT2D eigenvalue weighted by atomic mass is 10.0. The fraction of sp³-hybridized carbons (Fsp3) is 0.143. The van der Waals surface area contributed by atoms with Crippen LogP contribution in [0.25, 0.3) is 11.3 Å². The number of ether oxygens (including phenoxy) is 1. The van der Waals surface area contributed by atoms with Crippen LogP contribution in [0, 0.1) is 0 Å². The molecule has 0 unspecified atom stereocenters. The average molecular weight is 368 g/mol. The van der Waals surface area contributed by atoms with Gasteiger partial charge in [0.05, 0.1) is 17.0 Å². The van der Waals surface area contributed by atoms with Crippen LogP contribution < -0.4 is 0 Å². The molecule has 3 rings (SSSR count). The number of rotatable bonds is 6. The van der Waals surface area contributed by atoms with E-state index >= 15 is 0 Å². The van der Waals surface area contributed by atoms with Crippen LogP contribution in [0.1, 0.15) is 38.9 Å². The van der Waals surface area contributed by atoms with Gasteiger partial charge in [-0.3, -0.25) is 4.79 Å². The lowest BCUT2D eigenvalue weighted by Crippen LogP contribution is -2.09. The van der Waals surface area contributed by atoms with Gasteiger partial charge in [0, 0.05) is 10.6 Å². The summed E-state index contributed by atoms with van der Waals surface area (Å²) < 4.78 is 5.43. The molecule has 1 aromatic heterocycles. The molecule has 0 saturated carbocycles. The number of aromatic nitrogens is 1. The van der Waals surface area contributed by atoms with Crippen molar-refractivity contribution in [2.75, 3.05) is 0 Å². The molecule has 4 nitrogen and oxygen atoms in total. The maximum atomic E-state index is 12.7. The number of halogens is 1. The van der Waals surface area contributed by atoms with Crippen molar-refractivity contribution in [3.8, 4) is 11.3 Å². The molecule has 0 aliphatic heterocycles. The summed E-state index contributed by atoms with van der Waals surface area (Å²) in [5.41, 5.74) is 3.50. The molecule has 1 N–H and O–H groups in total. The van der Waals surface area contributed by atoms with Crippen molar-refractivity contribution in [1.82, 2.24) is 4.98 Å². The maximum Gasteiger partial charge on any atom is 0.341 e. The Bertz CT molecular complexity index is 932. The summed E-state index contributed by atoms with van der Waals surface area (Å²) in [7, 11) is 0. The van der Waals surface area contributed by atoms with E-state index in [1.165, 1.54) is 0 Å².